The van der Waals surface area contributed by atoms with Gasteiger partial charge in [-0.05, 0) is 77.7 Å². The minimum Gasteiger partial charge on any atom is -0.481 e. The van der Waals surface area contributed by atoms with Crippen molar-refractivity contribution in [2.45, 2.75) is 77.3 Å². The first-order valence-corrected chi connectivity index (χ1v) is 14.2. The summed E-state index contributed by atoms with van der Waals surface area (Å²) in [6, 6.07) is 0.154. The van der Waals surface area contributed by atoms with E-state index < -0.39 is 11.9 Å². The van der Waals surface area contributed by atoms with Gasteiger partial charge in [-0.2, -0.15) is 0 Å². The second-order valence-electron chi connectivity index (χ2n) is 10.9. The molecular formula is C26H42Cl2N2O4. The third-order valence-corrected chi connectivity index (χ3v) is 8.95. The van der Waals surface area contributed by atoms with Crippen LogP contribution in [0.5, 0.6) is 0 Å². The van der Waals surface area contributed by atoms with E-state index in [0.717, 1.165) is 58.2 Å². The smallest absolute Gasteiger partial charge is 0.315 e. The van der Waals surface area contributed by atoms with Crippen LogP contribution >= 0.6 is 23.2 Å². The Bertz CT molecular complexity index is 705. The Hall–Kier alpha value is -0.690. The predicted octanol–water partition coefficient (Wildman–Crippen LogP) is 4.31. The predicted molar refractivity (Wildman–Crippen MR) is 136 cm³/mol. The topological polar surface area (TPSA) is 77.9 Å². The van der Waals surface area contributed by atoms with Gasteiger partial charge in [-0.25, -0.2) is 0 Å². The highest BCUT2D eigenvalue weighted by atomic mass is 35.5. The van der Waals surface area contributed by atoms with Gasteiger partial charge in [0.15, 0.2) is 5.78 Å². The summed E-state index contributed by atoms with van der Waals surface area (Å²) in [6.45, 7) is 7.14. The average molecular weight is 518 g/mol. The molecule has 6 nitrogen and oxygen atoms in total. The standard InChI is InChI=1S/C26H42Cl2N2O4/c1-17(2)30-16-22(26(33)34)25(32)21-8-7-20(15-23(21)30)24(31)19-5-3-18(4-6-19)9-12-29(13-10-27)14-11-28/h17-23H,3-16H2,1-2H3,(H,33,34). The molecule has 2 aliphatic carbocycles. The molecule has 3 rings (SSSR count). The van der Waals surface area contributed by atoms with E-state index in [2.05, 4.69) is 23.6 Å². The number of nitrogens with zero attached hydrogens (tertiary/aromatic N) is 2. The van der Waals surface area contributed by atoms with E-state index in [9.17, 15) is 19.5 Å². The molecule has 4 atom stereocenters. The van der Waals surface area contributed by atoms with Crippen molar-refractivity contribution in [1.82, 2.24) is 9.80 Å². The van der Waals surface area contributed by atoms with Crippen molar-refractivity contribution in [2.24, 2.45) is 29.6 Å². The van der Waals surface area contributed by atoms with Crippen molar-refractivity contribution in [1.29, 1.82) is 0 Å². The molecule has 34 heavy (non-hydrogen) atoms. The summed E-state index contributed by atoms with van der Waals surface area (Å²) in [4.78, 5) is 42.5. The Morgan fingerprint density at radius 1 is 1.00 bits per heavy atom. The maximum absolute atomic E-state index is 13.5. The molecule has 2 saturated carbocycles. The van der Waals surface area contributed by atoms with Crippen molar-refractivity contribution < 1.29 is 19.5 Å². The Balaban J connectivity index is 1.53. The van der Waals surface area contributed by atoms with E-state index in [1.807, 2.05) is 0 Å². The van der Waals surface area contributed by atoms with Crippen molar-refractivity contribution in [3.63, 3.8) is 0 Å². The Labute approximate surface area is 214 Å². The lowest BCUT2D eigenvalue weighted by atomic mass is 9.66. The SMILES string of the molecule is CC(C)N1CC(C(=O)O)C(=O)C2CCC(C(=O)C3CCC(CCN(CCCl)CCCl)CC3)CC21. The third-order valence-electron chi connectivity index (χ3n) is 8.61. The molecule has 4 unspecified atom stereocenters. The summed E-state index contributed by atoms with van der Waals surface area (Å²) in [5.41, 5.74) is 0. The molecule has 0 radical (unpaired) electrons. The van der Waals surface area contributed by atoms with Gasteiger partial charge in [0.1, 0.15) is 11.7 Å². The molecule has 0 amide bonds. The van der Waals surface area contributed by atoms with Crippen LogP contribution in [0.1, 0.15) is 65.2 Å². The molecule has 194 valence electrons. The number of ketones is 2. The van der Waals surface area contributed by atoms with Gasteiger partial charge in [0.2, 0.25) is 0 Å². The molecule has 0 spiro atoms. The lowest BCUT2D eigenvalue weighted by Crippen LogP contribution is -2.60. The second kappa shape index (κ2) is 13.0. The zero-order valence-corrected chi connectivity index (χ0v) is 22.3. The molecule has 0 aromatic rings. The summed E-state index contributed by atoms with van der Waals surface area (Å²) in [6.07, 6.45) is 7.32. The van der Waals surface area contributed by atoms with E-state index in [0.29, 0.717) is 36.3 Å². The number of Topliss-reactive ketones (excluding diaryl/α,β-unsaturated/α-hetero) is 2. The fourth-order valence-electron chi connectivity index (χ4n) is 6.60. The van der Waals surface area contributed by atoms with Crippen LogP contribution in [-0.4, -0.2) is 82.5 Å². The molecule has 3 fully saturated rings. The lowest BCUT2D eigenvalue weighted by molar-refractivity contribution is -0.156. The molecular weight excluding hydrogens is 475 g/mol. The van der Waals surface area contributed by atoms with Gasteiger partial charge >= 0.3 is 5.97 Å². The van der Waals surface area contributed by atoms with E-state index in [-0.39, 0.29) is 42.2 Å². The van der Waals surface area contributed by atoms with Gasteiger partial charge in [0.05, 0.1) is 0 Å². The van der Waals surface area contributed by atoms with Gasteiger partial charge in [-0.1, -0.05) is 0 Å². The number of carboxylic acid groups (broad SMARTS) is 1. The van der Waals surface area contributed by atoms with Crippen LogP contribution in [0.15, 0.2) is 0 Å². The van der Waals surface area contributed by atoms with E-state index in [1.165, 1.54) is 0 Å². The Kier molecular flexibility index (Phi) is 10.7. The zero-order valence-electron chi connectivity index (χ0n) is 20.8. The fraction of sp³-hybridized carbons (Fsp3) is 0.885. The average Bonchev–Trinajstić information content (AvgIpc) is 2.82. The number of alkyl halides is 2. The number of likely N-dealkylation sites (tertiary alicyclic amines) is 1. The second-order valence-corrected chi connectivity index (χ2v) is 11.7. The summed E-state index contributed by atoms with van der Waals surface area (Å²) in [5.74, 6) is 0.107. The largest absolute Gasteiger partial charge is 0.481 e. The van der Waals surface area contributed by atoms with Crippen LogP contribution in [0.2, 0.25) is 0 Å². The molecule has 0 aromatic heterocycles. The van der Waals surface area contributed by atoms with Crippen LogP contribution in [0.4, 0.5) is 0 Å². The number of carbonyl (C=O) groups excluding carboxylic acids is 2. The number of carboxylic acids is 1. The minimum atomic E-state index is -1.02. The van der Waals surface area contributed by atoms with E-state index in [4.69, 9.17) is 23.2 Å². The minimum absolute atomic E-state index is 0.00108. The van der Waals surface area contributed by atoms with Crippen LogP contribution in [0.3, 0.4) is 0 Å². The summed E-state index contributed by atoms with van der Waals surface area (Å²) < 4.78 is 0. The number of hydrogen-bond donors (Lipinski definition) is 1. The lowest BCUT2D eigenvalue weighted by Gasteiger charge is -2.49. The maximum atomic E-state index is 13.5. The molecule has 0 aromatic carbocycles. The first-order valence-electron chi connectivity index (χ1n) is 13.2. The highest BCUT2D eigenvalue weighted by Crippen LogP contribution is 2.42. The van der Waals surface area contributed by atoms with E-state index in [1.54, 1.807) is 0 Å². The monoisotopic (exact) mass is 516 g/mol. The third kappa shape index (κ3) is 6.74. The molecule has 1 heterocycles. The number of aliphatic carboxylic acids is 1. The van der Waals surface area contributed by atoms with Gasteiger partial charge in [0.25, 0.3) is 0 Å². The van der Waals surface area contributed by atoms with Crippen LogP contribution in [0.25, 0.3) is 0 Å². The van der Waals surface area contributed by atoms with Gasteiger partial charge < -0.3 is 10.0 Å². The van der Waals surface area contributed by atoms with Gasteiger partial charge in [-0.15, -0.1) is 23.2 Å². The Morgan fingerprint density at radius 3 is 2.18 bits per heavy atom. The normalized spacial score (nSPS) is 32.7. The quantitative estimate of drug-likeness (QED) is 0.325. The number of fused-ring (bicyclic) bond motifs is 1. The zero-order chi connectivity index (χ0) is 24.8. The first kappa shape index (κ1) is 27.9. The van der Waals surface area contributed by atoms with Gasteiger partial charge in [0, 0.05) is 61.2 Å². The highest BCUT2D eigenvalue weighted by Gasteiger charge is 2.49. The molecule has 1 saturated heterocycles. The van der Waals surface area contributed by atoms with Crippen molar-refractivity contribution >= 4 is 40.7 Å². The molecule has 1 aliphatic heterocycles. The summed E-state index contributed by atoms with van der Waals surface area (Å²) >= 11 is 11.8. The molecule has 3 aliphatic rings. The van der Waals surface area contributed by atoms with Crippen molar-refractivity contribution in [3.05, 3.63) is 0 Å². The number of halogens is 2. The van der Waals surface area contributed by atoms with Crippen molar-refractivity contribution in [3.8, 4) is 0 Å². The molecule has 8 heteroatoms. The Morgan fingerprint density at radius 2 is 1.62 bits per heavy atom. The van der Waals surface area contributed by atoms with Crippen LogP contribution < -0.4 is 0 Å². The van der Waals surface area contributed by atoms with Crippen LogP contribution in [0, 0.1) is 29.6 Å². The van der Waals surface area contributed by atoms with Crippen LogP contribution in [-0.2, 0) is 14.4 Å². The fourth-order valence-corrected chi connectivity index (χ4v) is 7.08. The summed E-state index contributed by atoms with van der Waals surface area (Å²) in [5, 5.41) is 9.54. The molecule has 1 N–H and O–H groups in total. The number of carbonyl (C=O) groups is 3. The number of rotatable bonds is 11. The van der Waals surface area contributed by atoms with E-state index >= 15 is 0 Å². The maximum Gasteiger partial charge on any atom is 0.315 e. The first-order chi connectivity index (χ1) is 16.3. The number of piperidine rings is 1. The number of hydrogen-bond acceptors (Lipinski definition) is 5. The van der Waals surface area contributed by atoms with Crippen molar-refractivity contribution in [2.75, 3.05) is 37.9 Å². The van der Waals surface area contributed by atoms with Gasteiger partial charge in [-0.3, -0.25) is 19.3 Å². The molecule has 0 bridgehead atoms. The summed E-state index contributed by atoms with van der Waals surface area (Å²) in [7, 11) is 0. The highest BCUT2D eigenvalue weighted by molar-refractivity contribution is 6.18.